The van der Waals surface area contributed by atoms with Crippen molar-refractivity contribution in [3.8, 4) is 11.5 Å². The molecule has 1 unspecified atom stereocenters. The third-order valence-electron chi connectivity index (χ3n) is 4.34. The number of aryl methyl sites for hydroxylation is 1. The molecule has 0 aliphatic carbocycles. The van der Waals surface area contributed by atoms with Crippen LogP contribution in [0.25, 0.3) is 0 Å². The van der Waals surface area contributed by atoms with Crippen molar-refractivity contribution in [3.05, 3.63) is 22.8 Å². The van der Waals surface area contributed by atoms with E-state index in [0.29, 0.717) is 12.4 Å². The topological polar surface area (TPSA) is 49.7 Å². The Hall–Kier alpha value is -1.22. The van der Waals surface area contributed by atoms with Crippen LogP contribution in [-0.4, -0.2) is 22.9 Å². The molecule has 0 saturated carbocycles. The first kappa shape index (κ1) is 18.8. The van der Waals surface area contributed by atoms with Gasteiger partial charge in [-0.25, -0.2) is 0 Å². The van der Waals surface area contributed by atoms with Crippen LogP contribution in [0.3, 0.4) is 0 Å². The predicted octanol–water partition coefficient (Wildman–Crippen LogP) is 4.81. The highest BCUT2D eigenvalue weighted by Crippen LogP contribution is 2.32. The third kappa shape index (κ3) is 5.88. The Morgan fingerprint density at radius 2 is 1.68 bits per heavy atom. The summed E-state index contributed by atoms with van der Waals surface area (Å²) in [5.74, 6) is 1.24. The number of hydrogen-bond acceptors (Lipinski definition) is 3. The average Bonchev–Trinajstić information content (AvgIpc) is 2.51. The lowest BCUT2D eigenvalue weighted by atomic mass is 10.0. The number of aliphatic hydroxyl groups excluding tert-OH is 1. The van der Waals surface area contributed by atoms with Gasteiger partial charge in [0, 0.05) is 0 Å². The molecule has 3 nitrogen and oxygen atoms in total. The highest BCUT2D eigenvalue weighted by Gasteiger charge is 2.10. The van der Waals surface area contributed by atoms with Gasteiger partial charge in [0.2, 0.25) is 0 Å². The highest BCUT2D eigenvalue weighted by atomic mass is 16.5. The molecule has 0 heterocycles. The lowest BCUT2D eigenvalue weighted by Crippen LogP contribution is -2.06. The zero-order valence-corrected chi connectivity index (χ0v) is 14.6. The molecule has 126 valence electrons. The van der Waals surface area contributed by atoms with Crippen molar-refractivity contribution in [1.82, 2.24) is 0 Å². The smallest absolute Gasteiger partial charge is 0.122 e. The fraction of sp³-hybridized carbons (Fsp3) is 0.684. The van der Waals surface area contributed by atoms with Gasteiger partial charge in [-0.05, 0) is 69.2 Å². The highest BCUT2D eigenvalue weighted by molar-refractivity contribution is 5.51. The first-order valence-corrected chi connectivity index (χ1v) is 8.58. The molecule has 0 radical (unpaired) electrons. The summed E-state index contributed by atoms with van der Waals surface area (Å²) in [6, 6.07) is 1.91. The van der Waals surface area contributed by atoms with Crippen molar-refractivity contribution in [2.24, 2.45) is 0 Å². The van der Waals surface area contributed by atoms with Crippen molar-refractivity contribution in [2.45, 2.75) is 78.7 Å². The molecule has 0 fully saturated rings. The summed E-state index contributed by atoms with van der Waals surface area (Å²) in [6.45, 7) is 8.64. The van der Waals surface area contributed by atoms with Crippen LogP contribution in [0.15, 0.2) is 6.07 Å². The molecule has 0 amide bonds. The molecule has 1 aromatic carbocycles. The van der Waals surface area contributed by atoms with Gasteiger partial charge in [0.25, 0.3) is 0 Å². The molecular weight excluding hydrogens is 276 g/mol. The van der Waals surface area contributed by atoms with Crippen LogP contribution >= 0.6 is 0 Å². The fourth-order valence-electron chi connectivity index (χ4n) is 2.61. The van der Waals surface area contributed by atoms with Crippen LogP contribution < -0.4 is 4.74 Å². The number of phenolic OH excluding ortho intramolecular Hbond substituents is 1. The number of benzene rings is 1. The molecule has 0 bridgehead atoms. The summed E-state index contributed by atoms with van der Waals surface area (Å²) >= 11 is 0. The Labute approximate surface area is 135 Å². The SMILES string of the molecule is CCCCC(O)CCCCCOc1cc(C)c(O)c(C)c1C. The Bertz CT molecular complexity index is 454. The summed E-state index contributed by atoms with van der Waals surface area (Å²) in [4.78, 5) is 0. The van der Waals surface area contributed by atoms with Crippen LogP contribution in [0.4, 0.5) is 0 Å². The normalized spacial score (nSPS) is 12.4. The lowest BCUT2D eigenvalue weighted by molar-refractivity contribution is 0.147. The van der Waals surface area contributed by atoms with Crippen LogP contribution in [0.1, 0.15) is 68.6 Å². The Balaban J connectivity index is 2.26. The zero-order valence-electron chi connectivity index (χ0n) is 14.6. The minimum atomic E-state index is -0.134. The van der Waals surface area contributed by atoms with E-state index in [4.69, 9.17) is 4.74 Å². The van der Waals surface area contributed by atoms with Gasteiger partial charge in [-0.15, -0.1) is 0 Å². The molecule has 0 aliphatic heterocycles. The van der Waals surface area contributed by atoms with Crippen LogP contribution in [0.2, 0.25) is 0 Å². The number of aromatic hydroxyl groups is 1. The molecular formula is C19H32O3. The quantitative estimate of drug-likeness (QED) is 0.610. The van der Waals surface area contributed by atoms with E-state index in [1.165, 1.54) is 0 Å². The van der Waals surface area contributed by atoms with E-state index in [9.17, 15) is 10.2 Å². The standard InChI is InChI=1S/C19H32O3/c1-5-6-10-17(20)11-8-7-9-12-22-18-13-14(2)19(21)16(4)15(18)3/h13,17,20-21H,5-12H2,1-4H3. The first-order chi connectivity index (χ1) is 10.5. The average molecular weight is 308 g/mol. The van der Waals surface area contributed by atoms with E-state index in [1.54, 1.807) is 0 Å². The second-order valence-electron chi connectivity index (χ2n) is 6.28. The molecule has 0 saturated heterocycles. The molecule has 0 aliphatic rings. The Kier molecular flexibility index (Phi) is 8.32. The number of ether oxygens (including phenoxy) is 1. The Morgan fingerprint density at radius 3 is 2.36 bits per heavy atom. The number of rotatable bonds is 10. The van der Waals surface area contributed by atoms with E-state index in [1.807, 2.05) is 26.8 Å². The van der Waals surface area contributed by atoms with Gasteiger partial charge in [0.05, 0.1) is 12.7 Å². The van der Waals surface area contributed by atoms with Gasteiger partial charge in [-0.1, -0.05) is 26.2 Å². The molecule has 3 heteroatoms. The molecule has 0 aromatic heterocycles. The molecule has 0 spiro atoms. The first-order valence-electron chi connectivity index (χ1n) is 8.58. The number of phenols is 1. The van der Waals surface area contributed by atoms with E-state index < -0.39 is 0 Å². The number of aliphatic hydroxyl groups is 1. The van der Waals surface area contributed by atoms with Gasteiger partial charge in [0.1, 0.15) is 11.5 Å². The van der Waals surface area contributed by atoms with E-state index in [2.05, 4.69) is 6.92 Å². The van der Waals surface area contributed by atoms with Gasteiger partial charge in [-0.3, -0.25) is 0 Å². The monoisotopic (exact) mass is 308 g/mol. The van der Waals surface area contributed by atoms with Gasteiger partial charge in [-0.2, -0.15) is 0 Å². The van der Waals surface area contributed by atoms with Gasteiger partial charge in [0.15, 0.2) is 0 Å². The Morgan fingerprint density at radius 1 is 1.00 bits per heavy atom. The van der Waals surface area contributed by atoms with Gasteiger partial charge < -0.3 is 14.9 Å². The molecule has 1 atom stereocenters. The molecule has 1 aromatic rings. The maximum atomic E-state index is 9.89. The maximum absolute atomic E-state index is 9.89. The van der Waals surface area contributed by atoms with Crippen molar-refractivity contribution < 1.29 is 14.9 Å². The number of unbranched alkanes of at least 4 members (excludes halogenated alkanes) is 3. The third-order valence-corrected chi connectivity index (χ3v) is 4.34. The van der Waals surface area contributed by atoms with E-state index >= 15 is 0 Å². The predicted molar refractivity (Wildman–Crippen MR) is 91.8 cm³/mol. The van der Waals surface area contributed by atoms with Crippen molar-refractivity contribution in [3.63, 3.8) is 0 Å². The summed E-state index contributed by atoms with van der Waals surface area (Å²) in [5, 5.41) is 19.7. The second-order valence-corrected chi connectivity index (χ2v) is 6.28. The second kappa shape index (κ2) is 9.73. The van der Waals surface area contributed by atoms with Crippen molar-refractivity contribution in [1.29, 1.82) is 0 Å². The largest absolute Gasteiger partial charge is 0.507 e. The summed E-state index contributed by atoms with van der Waals surface area (Å²) in [7, 11) is 0. The minimum Gasteiger partial charge on any atom is -0.507 e. The molecule has 22 heavy (non-hydrogen) atoms. The molecule has 1 rings (SSSR count). The van der Waals surface area contributed by atoms with E-state index in [-0.39, 0.29) is 6.10 Å². The maximum Gasteiger partial charge on any atom is 0.122 e. The lowest BCUT2D eigenvalue weighted by Gasteiger charge is -2.14. The zero-order chi connectivity index (χ0) is 16.5. The molecule has 2 N–H and O–H groups in total. The van der Waals surface area contributed by atoms with Crippen LogP contribution in [-0.2, 0) is 0 Å². The summed E-state index contributed by atoms with van der Waals surface area (Å²) in [6.07, 6.45) is 7.09. The minimum absolute atomic E-state index is 0.134. The fourth-order valence-corrected chi connectivity index (χ4v) is 2.61. The van der Waals surface area contributed by atoms with Crippen molar-refractivity contribution >= 4 is 0 Å². The van der Waals surface area contributed by atoms with Gasteiger partial charge >= 0.3 is 0 Å². The summed E-state index contributed by atoms with van der Waals surface area (Å²) in [5.41, 5.74) is 2.77. The van der Waals surface area contributed by atoms with Crippen molar-refractivity contribution in [2.75, 3.05) is 6.61 Å². The number of hydrogen-bond donors (Lipinski definition) is 2. The van der Waals surface area contributed by atoms with Crippen LogP contribution in [0, 0.1) is 20.8 Å². The summed E-state index contributed by atoms with van der Waals surface area (Å²) < 4.78 is 5.85. The van der Waals surface area contributed by atoms with Crippen LogP contribution in [0.5, 0.6) is 11.5 Å². The van der Waals surface area contributed by atoms with E-state index in [0.717, 1.165) is 67.4 Å².